The summed E-state index contributed by atoms with van der Waals surface area (Å²) >= 11 is 0. The predicted octanol–water partition coefficient (Wildman–Crippen LogP) is 3.47. The molecule has 29 heavy (non-hydrogen) atoms. The van der Waals surface area contributed by atoms with E-state index in [9.17, 15) is 4.79 Å². The lowest BCUT2D eigenvalue weighted by Gasteiger charge is -2.30. The fourth-order valence-electron chi connectivity index (χ4n) is 3.85. The molecule has 4 rings (SSSR count). The topological polar surface area (TPSA) is 67.6 Å². The van der Waals surface area contributed by atoms with E-state index in [-0.39, 0.29) is 11.8 Å². The summed E-state index contributed by atoms with van der Waals surface area (Å²) in [4.78, 5) is 19.3. The molecule has 1 unspecified atom stereocenters. The van der Waals surface area contributed by atoms with E-state index < -0.39 is 0 Å². The second-order valence-corrected chi connectivity index (χ2v) is 7.62. The van der Waals surface area contributed by atoms with Gasteiger partial charge in [-0.25, -0.2) is 4.98 Å². The molecule has 1 aromatic heterocycles. The van der Waals surface area contributed by atoms with Gasteiger partial charge in [0.05, 0.1) is 13.2 Å². The summed E-state index contributed by atoms with van der Waals surface area (Å²) in [5.41, 5.74) is 3.94. The Hall–Kier alpha value is -2.70. The van der Waals surface area contributed by atoms with Crippen molar-refractivity contribution in [1.29, 1.82) is 0 Å². The number of likely N-dealkylation sites (tertiary alicyclic amines) is 1. The normalized spacial score (nSPS) is 17.5. The Kier molecular flexibility index (Phi) is 6.22. The molecule has 0 radical (unpaired) electrons. The van der Waals surface area contributed by atoms with E-state index in [1.54, 1.807) is 7.11 Å². The minimum absolute atomic E-state index is 0.0455. The van der Waals surface area contributed by atoms with Crippen molar-refractivity contribution in [2.75, 3.05) is 26.7 Å². The molecule has 3 aromatic rings. The SMILES string of the molecule is COCc1ccc(CNC(=O)CN2CCCC(c3nc4ccccc4o3)C2)cc1. The van der Waals surface area contributed by atoms with Crippen LogP contribution in [-0.2, 0) is 22.7 Å². The first-order valence-electron chi connectivity index (χ1n) is 10.1. The van der Waals surface area contributed by atoms with Gasteiger partial charge in [0.15, 0.2) is 11.5 Å². The highest BCUT2D eigenvalue weighted by Gasteiger charge is 2.26. The molecule has 2 heterocycles. The highest BCUT2D eigenvalue weighted by atomic mass is 16.5. The van der Waals surface area contributed by atoms with Gasteiger partial charge >= 0.3 is 0 Å². The lowest BCUT2D eigenvalue weighted by molar-refractivity contribution is -0.122. The van der Waals surface area contributed by atoms with Crippen molar-refractivity contribution in [3.05, 3.63) is 65.5 Å². The van der Waals surface area contributed by atoms with Crippen LogP contribution in [0.4, 0.5) is 0 Å². The molecule has 0 bridgehead atoms. The van der Waals surface area contributed by atoms with Gasteiger partial charge in [0.25, 0.3) is 0 Å². The second-order valence-electron chi connectivity index (χ2n) is 7.62. The molecule has 6 nitrogen and oxygen atoms in total. The maximum Gasteiger partial charge on any atom is 0.234 e. The van der Waals surface area contributed by atoms with Gasteiger partial charge in [-0.3, -0.25) is 9.69 Å². The highest BCUT2D eigenvalue weighted by molar-refractivity contribution is 5.78. The molecule has 1 saturated heterocycles. The number of para-hydroxylation sites is 2. The molecular weight excluding hydrogens is 366 g/mol. The van der Waals surface area contributed by atoms with Crippen LogP contribution >= 0.6 is 0 Å². The molecule has 1 amide bonds. The number of aromatic nitrogens is 1. The van der Waals surface area contributed by atoms with Crippen LogP contribution in [0.25, 0.3) is 11.1 Å². The Morgan fingerprint density at radius 3 is 2.79 bits per heavy atom. The molecule has 1 aliphatic rings. The quantitative estimate of drug-likeness (QED) is 0.666. The first kappa shape index (κ1) is 19.6. The highest BCUT2D eigenvalue weighted by Crippen LogP contribution is 2.28. The molecule has 1 aliphatic heterocycles. The van der Waals surface area contributed by atoms with E-state index in [2.05, 4.69) is 15.2 Å². The maximum absolute atomic E-state index is 12.4. The molecule has 6 heteroatoms. The zero-order valence-corrected chi connectivity index (χ0v) is 16.8. The second kappa shape index (κ2) is 9.20. The summed E-state index contributed by atoms with van der Waals surface area (Å²) in [5, 5.41) is 3.02. The van der Waals surface area contributed by atoms with Gasteiger partial charge < -0.3 is 14.5 Å². The summed E-state index contributed by atoms with van der Waals surface area (Å²) in [6, 6.07) is 16.0. The number of fused-ring (bicyclic) bond motifs is 1. The van der Waals surface area contributed by atoms with Gasteiger partial charge in [0, 0.05) is 26.1 Å². The molecule has 0 spiro atoms. The van der Waals surface area contributed by atoms with E-state index in [0.29, 0.717) is 19.7 Å². The summed E-state index contributed by atoms with van der Waals surface area (Å²) < 4.78 is 11.1. The molecule has 1 N–H and O–H groups in total. The van der Waals surface area contributed by atoms with E-state index in [4.69, 9.17) is 9.15 Å². The summed E-state index contributed by atoms with van der Waals surface area (Å²) in [5.74, 6) is 1.06. The molecule has 1 fully saturated rings. The number of amides is 1. The first-order chi connectivity index (χ1) is 14.2. The maximum atomic E-state index is 12.4. The first-order valence-corrected chi connectivity index (χ1v) is 10.1. The van der Waals surface area contributed by atoms with Crippen molar-refractivity contribution in [1.82, 2.24) is 15.2 Å². The number of nitrogens with one attached hydrogen (secondary N) is 1. The lowest BCUT2D eigenvalue weighted by Crippen LogP contribution is -2.41. The van der Waals surface area contributed by atoms with Crippen LogP contribution in [0.15, 0.2) is 52.9 Å². The largest absolute Gasteiger partial charge is 0.440 e. The number of carbonyl (C=O) groups excluding carboxylic acids is 1. The zero-order valence-electron chi connectivity index (χ0n) is 16.8. The lowest BCUT2D eigenvalue weighted by atomic mass is 9.98. The van der Waals surface area contributed by atoms with Crippen LogP contribution < -0.4 is 5.32 Å². The third-order valence-corrected chi connectivity index (χ3v) is 5.36. The van der Waals surface area contributed by atoms with Crippen molar-refractivity contribution >= 4 is 17.0 Å². The van der Waals surface area contributed by atoms with E-state index in [1.807, 2.05) is 48.5 Å². The van der Waals surface area contributed by atoms with Gasteiger partial charge in [0.2, 0.25) is 5.91 Å². The predicted molar refractivity (Wildman–Crippen MR) is 111 cm³/mol. The number of oxazole rings is 1. The fraction of sp³-hybridized carbons (Fsp3) is 0.391. The van der Waals surface area contributed by atoms with Crippen LogP contribution in [0.5, 0.6) is 0 Å². The van der Waals surface area contributed by atoms with Gasteiger partial charge in [-0.05, 0) is 42.6 Å². The van der Waals surface area contributed by atoms with Gasteiger partial charge in [-0.1, -0.05) is 36.4 Å². The number of hydrogen-bond acceptors (Lipinski definition) is 5. The third-order valence-electron chi connectivity index (χ3n) is 5.36. The molecule has 0 saturated carbocycles. The van der Waals surface area contributed by atoms with E-state index in [1.165, 1.54) is 0 Å². The zero-order chi connectivity index (χ0) is 20.1. The third kappa shape index (κ3) is 5.02. The molecule has 2 aromatic carbocycles. The number of ether oxygens (including phenoxy) is 1. The number of methoxy groups -OCH3 is 1. The minimum atomic E-state index is 0.0455. The van der Waals surface area contributed by atoms with E-state index in [0.717, 1.165) is 54.0 Å². The molecule has 0 aliphatic carbocycles. The van der Waals surface area contributed by atoms with Crippen LogP contribution in [0.1, 0.15) is 35.8 Å². The van der Waals surface area contributed by atoms with Gasteiger partial charge in [-0.2, -0.15) is 0 Å². The van der Waals surface area contributed by atoms with Crippen LogP contribution in [-0.4, -0.2) is 42.5 Å². The number of carbonyl (C=O) groups is 1. The van der Waals surface area contributed by atoms with Crippen LogP contribution in [0, 0.1) is 0 Å². The Labute approximate surface area is 170 Å². The van der Waals surface area contributed by atoms with Gasteiger partial charge in [-0.15, -0.1) is 0 Å². The number of piperidine rings is 1. The summed E-state index contributed by atoms with van der Waals surface area (Å²) in [6.07, 6.45) is 2.08. The number of nitrogens with zero attached hydrogens (tertiary/aromatic N) is 2. The minimum Gasteiger partial charge on any atom is -0.440 e. The Morgan fingerprint density at radius 2 is 2.00 bits per heavy atom. The standard InChI is InChI=1S/C23H27N3O3/c1-28-16-18-10-8-17(9-11-18)13-24-22(27)15-26-12-4-5-19(14-26)23-25-20-6-2-3-7-21(20)29-23/h2-3,6-11,19H,4-5,12-16H2,1H3,(H,24,27). The monoisotopic (exact) mass is 393 g/mol. The van der Waals surface area contributed by atoms with Crippen molar-refractivity contribution in [2.45, 2.75) is 31.9 Å². The van der Waals surface area contributed by atoms with Gasteiger partial charge in [0.1, 0.15) is 5.52 Å². The van der Waals surface area contributed by atoms with Crippen molar-refractivity contribution in [2.24, 2.45) is 0 Å². The fourth-order valence-corrected chi connectivity index (χ4v) is 3.85. The Bertz CT molecular complexity index is 918. The van der Waals surface area contributed by atoms with Crippen molar-refractivity contribution in [3.8, 4) is 0 Å². The molecule has 152 valence electrons. The Balaban J connectivity index is 1.29. The number of hydrogen-bond donors (Lipinski definition) is 1. The number of rotatable bonds is 7. The van der Waals surface area contributed by atoms with Crippen LogP contribution in [0.3, 0.4) is 0 Å². The Morgan fingerprint density at radius 1 is 1.21 bits per heavy atom. The average molecular weight is 393 g/mol. The molecular formula is C23H27N3O3. The molecule has 1 atom stereocenters. The smallest absolute Gasteiger partial charge is 0.234 e. The number of benzene rings is 2. The van der Waals surface area contributed by atoms with Crippen molar-refractivity contribution < 1.29 is 13.9 Å². The summed E-state index contributed by atoms with van der Waals surface area (Å²) in [6.45, 7) is 3.26. The average Bonchev–Trinajstić information content (AvgIpc) is 3.18. The van der Waals surface area contributed by atoms with Crippen LogP contribution in [0.2, 0.25) is 0 Å². The van der Waals surface area contributed by atoms with Crippen molar-refractivity contribution in [3.63, 3.8) is 0 Å². The van der Waals surface area contributed by atoms with E-state index >= 15 is 0 Å². The summed E-state index contributed by atoms with van der Waals surface area (Å²) in [7, 11) is 1.68.